The number of pyridine rings is 1. The minimum atomic E-state index is -4.49. The first kappa shape index (κ1) is 16.7. The van der Waals surface area contributed by atoms with E-state index in [4.69, 9.17) is 4.74 Å². The van der Waals surface area contributed by atoms with Crippen LogP contribution in [-0.2, 0) is 22.1 Å². The van der Waals surface area contributed by atoms with E-state index >= 15 is 0 Å². The van der Waals surface area contributed by atoms with Gasteiger partial charge in [0.25, 0.3) is 0 Å². The first-order chi connectivity index (χ1) is 10.2. The Labute approximate surface area is 127 Å². The highest BCUT2D eigenvalue weighted by molar-refractivity contribution is 5.79. The average Bonchev–Trinajstić information content (AvgIpc) is 2.36. The Bertz CT molecular complexity index is 544. The number of ether oxygens (including phenoxy) is 1. The first-order valence-corrected chi connectivity index (χ1v) is 7.11. The number of amides is 1. The van der Waals surface area contributed by atoms with Gasteiger partial charge in [-0.3, -0.25) is 9.78 Å². The van der Waals surface area contributed by atoms with E-state index in [1.165, 1.54) is 0 Å². The van der Waals surface area contributed by atoms with Crippen molar-refractivity contribution >= 4 is 5.91 Å². The van der Waals surface area contributed by atoms with Gasteiger partial charge in [0, 0.05) is 25.0 Å². The Morgan fingerprint density at radius 3 is 2.86 bits per heavy atom. The average molecular weight is 316 g/mol. The van der Waals surface area contributed by atoms with Crippen molar-refractivity contribution in [3.8, 4) is 0 Å². The van der Waals surface area contributed by atoms with E-state index in [-0.39, 0.29) is 23.6 Å². The van der Waals surface area contributed by atoms with Crippen LogP contribution in [-0.4, -0.2) is 29.1 Å². The molecule has 1 saturated heterocycles. The highest BCUT2D eigenvalue weighted by atomic mass is 19.4. The number of nitrogens with one attached hydrogen (secondary N) is 1. The van der Waals surface area contributed by atoms with Crippen molar-refractivity contribution in [2.24, 2.45) is 0 Å². The molecule has 0 radical (unpaired) electrons. The molecule has 122 valence electrons. The topological polar surface area (TPSA) is 51.2 Å². The van der Waals surface area contributed by atoms with Crippen LogP contribution >= 0.6 is 0 Å². The number of carbonyl (C=O) groups is 1. The van der Waals surface area contributed by atoms with Crippen LogP contribution in [0.4, 0.5) is 13.2 Å². The molecule has 22 heavy (non-hydrogen) atoms. The molecule has 7 heteroatoms. The van der Waals surface area contributed by atoms with Crippen molar-refractivity contribution < 1.29 is 22.7 Å². The largest absolute Gasteiger partial charge is 0.416 e. The summed E-state index contributed by atoms with van der Waals surface area (Å²) in [7, 11) is 0. The van der Waals surface area contributed by atoms with E-state index in [0.717, 1.165) is 18.5 Å². The van der Waals surface area contributed by atoms with Crippen LogP contribution in [0, 0.1) is 0 Å². The number of rotatable bonds is 3. The third kappa shape index (κ3) is 4.43. The molecule has 1 aromatic rings. The summed E-state index contributed by atoms with van der Waals surface area (Å²) in [6.07, 6.45) is -1.35. The maximum Gasteiger partial charge on any atom is 0.416 e. The molecule has 1 atom stereocenters. The van der Waals surface area contributed by atoms with Gasteiger partial charge >= 0.3 is 6.18 Å². The number of hydrogen-bond donors (Lipinski definition) is 1. The van der Waals surface area contributed by atoms with Gasteiger partial charge in [0.05, 0.1) is 17.6 Å². The summed E-state index contributed by atoms with van der Waals surface area (Å²) in [5, 5.41) is 2.79. The molecule has 0 spiro atoms. The third-order valence-corrected chi connectivity index (χ3v) is 3.62. The van der Waals surface area contributed by atoms with Crippen molar-refractivity contribution in [1.82, 2.24) is 10.3 Å². The predicted octanol–water partition coefficient (Wildman–Crippen LogP) is 2.72. The molecular weight excluding hydrogens is 297 g/mol. The minimum Gasteiger partial charge on any atom is -0.375 e. The zero-order valence-electron chi connectivity index (χ0n) is 12.5. The standard InChI is InChI=1S/C15H19F3N2O2/c1-14(2)8-11(4-6-22-14)20-13(21)7-10-9-19-5-3-12(10)15(16,17)18/h3,5,9,11H,4,6-8H2,1-2H3,(H,20,21). The van der Waals surface area contributed by atoms with E-state index in [9.17, 15) is 18.0 Å². The third-order valence-electron chi connectivity index (χ3n) is 3.62. The van der Waals surface area contributed by atoms with Gasteiger partial charge < -0.3 is 10.1 Å². The zero-order valence-corrected chi connectivity index (χ0v) is 12.5. The molecule has 4 nitrogen and oxygen atoms in total. The number of halogens is 3. The molecule has 1 fully saturated rings. The van der Waals surface area contributed by atoms with Crippen molar-refractivity contribution in [2.45, 2.75) is 50.9 Å². The quantitative estimate of drug-likeness (QED) is 0.933. The van der Waals surface area contributed by atoms with Gasteiger partial charge in [-0.1, -0.05) is 0 Å². The van der Waals surface area contributed by atoms with E-state index in [2.05, 4.69) is 10.3 Å². The fraction of sp³-hybridized carbons (Fsp3) is 0.600. The Kier molecular flexibility index (Phi) is 4.75. The second-order valence-electron chi connectivity index (χ2n) is 6.07. The second kappa shape index (κ2) is 6.24. The summed E-state index contributed by atoms with van der Waals surface area (Å²) in [6.45, 7) is 4.38. The van der Waals surface area contributed by atoms with Crippen molar-refractivity contribution in [2.75, 3.05) is 6.61 Å². The van der Waals surface area contributed by atoms with E-state index < -0.39 is 17.6 Å². The van der Waals surface area contributed by atoms with Crippen LogP contribution in [0.15, 0.2) is 18.5 Å². The number of nitrogens with zero attached hydrogens (tertiary/aromatic N) is 1. The smallest absolute Gasteiger partial charge is 0.375 e. The van der Waals surface area contributed by atoms with Crippen LogP contribution < -0.4 is 5.32 Å². The molecule has 1 aliphatic heterocycles. The van der Waals surface area contributed by atoms with E-state index in [1.807, 2.05) is 13.8 Å². The monoisotopic (exact) mass is 316 g/mol. The predicted molar refractivity (Wildman–Crippen MR) is 74.1 cm³/mol. The Hall–Kier alpha value is -1.63. The maximum atomic E-state index is 12.9. The Balaban J connectivity index is 2.01. The number of aromatic nitrogens is 1. The molecular formula is C15H19F3N2O2. The lowest BCUT2D eigenvalue weighted by Gasteiger charge is -2.35. The summed E-state index contributed by atoms with van der Waals surface area (Å²) >= 11 is 0. The van der Waals surface area contributed by atoms with Gasteiger partial charge in [-0.15, -0.1) is 0 Å². The summed E-state index contributed by atoms with van der Waals surface area (Å²) < 4.78 is 44.2. The van der Waals surface area contributed by atoms with Gasteiger partial charge in [0.15, 0.2) is 0 Å². The molecule has 1 amide bonds. The lowest BCUT2D eigenvalue weighted by atomic mass is 9.93. The van der Waals surface area contributed by atoms with Crippen LogP contribution in [0.3, 0.4) is 0 Å². The molecule has 0 bridgehead atoms. The van der Waals surface area contributed by atoms with Gasteiger partial charge in [0.2, 0.25) is 5.91 Å². The fourth-order valence-corrected chi connectivity index (χ4v) is 2.65. The summed E-state index contributed by atoms with van der Waals surface area (Å²) in [4.78, 5) is 15.7. The van der Waals surface area contributed by atoms with E-state index in [1.54, 1.807) is 0 Å². The molecule has 0 aromatic carbocycles. The normalized spacial score (nSPS) is 21.4. The van der Waals surface area contributed by atoms with Gasteiger partial charge in [-0.05, 0) is 38.3 Å². The van der Waals surface area contributed by atoms with Crippen LogP contribution in [0.1, 0.15) is 37.8 Å². The van der Waals surface area contributed by atoms with Crippen molar-refractivity contribution in [1.29, 1.82) is 0 Å². The van der Waals surface area contributed by atoms with Crippen LogP contribution in [0.2, 0.25) is 0 Å². The first-order valence-electron chi connectivity index (χ1n) is 7.11. The van der Waals surface area contributed by atoms with E-state index in [0.29, 0.717) is 19.4 Å². The molecule has 2 heterocycles. The fourth-order valence-electron chi connectivity index (χ4n) is 2.65. The summed E-state index contributed by atoms with van der Waals surface area (Å²) in [6, 6.07) is 0.808. The van der Waals surface area contributed by atoms with Gasteiger partial charge in [0.1, 0.15) is 0 Å². The molecule has 1 aliphatic rings. The summed E-state index contributed by atoms with van der Waals surface area (Å²) in [5.74, 6) is -0.429. The highest BCUT2D eigenvalue weighted by Gasteiger charge is 2.34. The molecule has 1 aromatic heterocycles. The number of alkyl halides is 3. The second-order valence-corrected chi connectivity index (χ2v) is 6.07. The molecule has 0 aliphatic carbocycles. The highest BCUT2D eigenvalue weighted by Crippen LogP contribution is 2.31. The van der Waals surface area contributed by atoms with Crippen molar-refractivity contribution in [3.05, 3.63) is 29.6 Å². The van der Waals surface area contributed by atoms with Crippen molar-refractivity contribution in [3.63, 3.8) is 0 Å². The molecule has 2 rings (SSSR count). The lowest BCUT2D eigenvalue weighted by molar-refractivity contribution is -0.138. The maximum absolute atomic E-state index is 12.9. The Morgan fingerprint density at radius 1 is 1.50 bits per heavy atom. The van der Waals surface area contributed by atoms with Gasteiger partial charge in [-0.25, -0.2) is 0 Å². The lowest BCUT2D eigenvalue weighted by Crippen LogP contribution is -2.46. The molecule has 0 saturated carbocycles. The molecule has 1 unspecified atom stereocenters. The summed E-state index contributed by atoms with van der Waals surface area (Å²) in [5.41, 5.74) is -1.26. The number of carbonyl (C=O) groups excluding carboxylic acids is 1. The Morgan fingerprint density at radius 2 is 2.23 bits per heavy atom. The molecule has 1 N–H and O–H groups in total. The van der Waals surface area contributed by atoms with Gasteiger partial charge in [-0.2, -0.15) is 13.2 Å². The van der Waals surface area contributed by atoms with Crippen LogP contribution in [0.25, 0.3) is 0 Å². The number of hydrogen-bond acceptors (Lipinski definition) is 3. The minimum absolute atomic E-state index is 0.0812. The zero-order chi connectivity index (χ0) is 16.4. The van der Waals surface area contributed by atoms with Crippen LogP contribution in [0.5, 0.6) is 0 Å². The SMILES string of the molecule is CC1(C)CC(NC(=O)Cc2cnccc2C(F)(F)F)CCO1.